The lowest BCUT2D eigenvalue weighted by Gasteiger charge is -2.33. The van der Waals surface area contributed by atoms with Crippen LogP contribution in [0.4, 0.5) is 0 Å². The van der Waals surface area contributed by atoms with Crippen LogP contribution in [-0.4, -0.2) is 56.3 Å². The van der Waals surface area contributed by atoms with E-state index in [1.165, 1.54) is 9.87 Å². The zero-order chi connectivity index (χ0) is 21.7. The van der Waals surface area contributed by atoms with Crippen molar-refractivity contribution in [1.29, 1.82) is 0 Å². The summed E-state index contributed by atoms with van der Waals surface area (Å²) in [5.41, 5.74) is 3.37. The van der Waals surface area contributed by atoms with Gasteiger partial charge in [-0.25, -0.2) is 8.42 Å². The Labute approximate surface area is 179 Å². The summed E-state index contributed by atoms with van der Waals surface area (Å²) < 4.78 is 27.3. The van der Waals surface area contributed by atoms with E-state index in [1.54, 1.807) is 12.1 Å². The van der Waals surface area contributed by atoms with Gasteiger partial charge in [0.1, 0.15) is 0 Å². The van der Waals surface area contributed by atoms with Crippen molar-refractivity contribution in [2.45, 2.75) is 38.1 Å². The standard InChI is InChI=1S/C23H31N3O3S/c1-18(2)21-8-10-22(11-9-21)30(28,29)26-14-12-25(13-15-26)17-23(27)24-16-20-6-4-19(3)5-7-20/h4-11,18H,12-17H2,1-3H3,(H,24,27). The minimum absolute atomic E-state index is 0.0452. The second-order valence-corrected chi connectivity index (χ2v) is 10.1. The smallest absolute Gasteiger partial charge is 0.243 e. The Hall–Kier alpha value is -2.22. The topological polar surface area (TPSA) is 69.7 Å². The van der Waals surface area contributed by atoms with E-state index < -0.39 is 10.0 Å². The van der Waals surface area contributed by atoms with Crippen LogP contribution in [0.2, 0.25) is 0 Å². The molecule has 1 fully saturated rings. The fraction of sp³-hybridized carbons (Fsp3) is 0.435. The van der Waals surface area contributed by atoms with E-state index in [2.05, 4.69) is 19.2 Å². The van der Waals surface area contributed by atoms with Crippen LogP contribution >= 0.6 is 0 Å². The van der Waals surface area contributed by atoms with E-state index in [0.29, 0.717) is 43.5 Å². The van der Waals surface area contributed by atoms with Crippen LogP contribution < -0.4 is 5.32 Å². The van der Waals surface area contributed by atoms with Crippen LogP contribution in [0.3, 0.4) is 0 Å². The van der Waals surface area contributed by atoms with Crippen molar-refractivity contribution in [2.75, 3.05) is 32.7 Å². The number of benzene rings is 2. The Balaban J connectivity index is 1.48. The minimum atomic E-state index is -3.50. The van der Waals surface area contributed by atoms with E-state index in [-0.39, 0.29) is 12.5 Å². The highest BCUT2D eigenvalue weighted by atomic mass is 32.2. The number of nitrogens with one attached hydrogen (secondary N) is 1. The summed E-state index contributed by atoms with van der Waals surface area (Å²) in [6.45, 7) is 8.84. The van der Waals surface area contributed by atoms with Crippen LogP contribution in [0.25, 0.3) is 0 Å². The third-order valence-electron chi connectivity index (χ3n) is 5.49. The summed E-state index contributed by atoms with van der Waals surface area (Å²) in [5.74, 6) is 0.318. The lowest BCUT2D eigenvalue weighted by atomic mass is 10.0. The van der Waals surface area contributed by atoms with Gasteiger partial charge in [-0.2, -0.15) is 4.31 Å². The van der Waals surface area contributed by atoms with Crippen LogP contribution in [-0.2, 0) is 21.4 Å². The van der Waals surface area contributed by atoms with Crippen molar-refractivity contribution in [3.63, 3.8) is 0 Å². The molecule has 0 bridgehead atoms. The predicted octanol–water partition coefficient (Wildman–Crippen LogP) is 2.74. The first kappa shape index (κ1) is 22.5. The summed E-state index contributed by atoms with van der Waals surface area (Å²) in [5, 5.41) is 2.93. The molecule has 0 saturated carbocycles. The largest absolute Gasteiger partial charge is 0.351 e. The highest BCUT2D eigenvalue weighted by Gasteiger charge is 2.29. The third-order valence-corrected chi connectivity index (χ3v) is 7.41. The van der Waals surface area contributed by atoms with E-state index in [0.717, 1.165) is 11.1 Å². The summed E-state index contributed by atoms with van der Waals surface area (Å²) in [6, 6.07) is 15.2. The Morgan fingerprint density at radius 3 is 2.13 bits per heavy atom. The molecule has 6 nitrogen and oxygen atoms in total. The maximum absolute atomic E-state index is 12.9. The van der Waals surface area contributed by atoms with Crippen LogP contribution in [0.5, 0.6) is 0 Å². The fourth-order valence-corrected chi connectivity index (χ4v) is 4.89. The van der Waals surface area contributed by atoms with Gasteiger partial charge >= 0.3 is 0 Å². The van der Waals surface area contributed by atoms with E-state index in [9.17, 15) is 13.2 Å². The van der Waals surface area contributed by atoms with Gasteiger partial charge in [-0.15, -0.1) is 0 Å². The molecule has 1 saturated heterocycles. The monoisotopic (exact) mass is 429 g/mol. The number of nitrogens with zero attached hydrogens (tertiary/aromatic N) is 2. The first-order valence-corrected chi connectivity index (χ1v) is 11.8. The van der Waals surface area contributed by atoms with Crippen molar-refractivity contribution in [3.05, 3.63) is 65.2 Å². The number of piperazine rings is 1. The molecule has 1 N–H and O–H groups in total. The molecule has 1 aliphatic rings. The SMILES string of the molecule is Cc1ccc(CNC(=O)CN2CCN(S(=O)(=O)c3ccc(C(C)C)cc3)CC2)cc1. The minimum Gasteiger partial charge on any atom is -0.351 e. The van der Waals surface area contributed by atoms with Gasteiger partial charge in [0.15, 0.2) is 0 Å². The van der Waals surface area contributed by atoms with Gasteiger partial charge in [0, 0.05) is 32.7 Å². The molecule has 1 heterocycles. The number of amides is 1. The molecule has 0 unspecified atom stereocenters. The number of carbonyl (C=O) groups excluding carboxylic acids is 1. The molecule has 0 spiro atoms. The van der Waals surface area contributed by atoms with Gasteiger partial charge in [-0.1, -0.05) is 55.8 Å². The number of rotatable bonds is 7. The normalized spacial score (nSPS) is 16.0. The molecule has 0 aromatic heterocycles. The molecule has 1 aliphatic heterocycles. The van der Waals surface area contributed by atoms with Crippen molar-refractivity contribution < 1.29 is 13.2 Å². The summed E-state index contributed by atoms with van der Waals surface area (Å²) in [6.07, 6.45) is 0. The molecule has 30 heavy (non-hydrogen) atoms. The maximum atomic E-state index is 12.9. The lowest BCUT2D eigenvalue weighted by molar-refractivity contribution is -0.122. The van der Waals surface area contributed by atoms with E-state index in [4.69, 9.17) is 0 Å². The Morgan fingerprint density at radius 1 is 0.967 bits per heavy atom. The van der Waals surface area contributed by atoms with Gasteiger partial charge in [-0.3, -0.25) is 9.69 Å². The van der Waals surface area contributed by atoms with Crippen molar-refractivity contribution >= 4 is 15.9 Å². The molecule has 2 aromatic rings. The molecule has 0 radical (unpaired) electrons. The van der Waals surface area contributed by atoms with Crippen molar-refractivity contribution in [1.82, 2.24) is 14.5 Å². The highest BCUT2D eigenvalue weighted by molar-refractivity contribution is 7.89. The van der Waals surface area contributed by atoms with Gasteiger partial charge in [0.2, 0.25) is 15.9 Å². The Bertz CT molecular complexity index is 946. The molecular formula is C23H31N3O3S. The number of aryl methyl sites for hydroxylation is 1. The Kier molecular flexibility index (Phi) is 7.28. The second-order valence-electron chi connectivity index (χ2n) is 8.17. The lowest BCUT2D eigenvalue weighted by Crippen LogP contribution is -2.50. The van der Waals surface area contributed by atoms with Gasteiger partial charge < -0.3 is 5.32 Å². The average Bonchev–Trinajstić information content (AvgIpc) is 2.74. The maximum Gasteiger partial charge on any atom is 0.243 e. The van der Waals surface area contributed by atoms with Gasteiger partial charge in [0.05, 0.1) is 11.4 Å². The highest BCUT2D eigenvalue weighted by Crippen LogP contribution is 2.21. The molecular weight excluding hydrogens is 398 g/mol. The van der Waals surface area contributed by atoms with E-state index in [1.807, 2.05) is 48.2 Å². The van der Waals surface area contributed by atoms with Crippen LogP contribution in [0, 0.1) is 6.92 Å². The summed E-state index contributed by atoms with van der Waals surface area (Å²) >= 11 is 0. The molecule has 0 aliphatic carbocycles. The molecule has 1 amide bonds. The van der Waals surface area contributed by atoms with Crippen molar-refractivity contribution in [3.8, 4) is 0 Å². The van der Waals surface area contributed by atoms with Crippen LogP contribution in [0.1, 0.15) is 36.5 Å². The number of hydrogen-bond donors (Lipinski definition) is 1. The molecule has 162 valence electrons. The average molecular weight is 430 g/mol. The fourth-order valence-electron chi connectivity index (χ4n) is 3.47. The molecule has 0 atom stereocenters. The number of carbonyl (C=O) groups is 1. The predicted molar refractivity (Wildman–Crippen MR) is 119 cm³/mol. The molecule has 7 heteroatoms. The van der Waals surface area contributed by atoms with Crippen molar-refractivity contribution in [2.24, 2.45) is 0 Å². The van der Waals surface area contributed by atoms with Crippen LogP contribution in [0.15, 0.2) is 53.4 Å². The summed E-state index contributed by atoms with van der Waals surface area (Å²) in [4.78, 5) is 14.6. The number of sulfonamides is 1. The molecule has 2 aromatic carbocycles. The first-order valence-electron chi connectivity index (χ1n) is 10.4. The van der Waals surface area contributed by atoms with E-state index >= 15 is 0 Å². The van der Waals surface area contributed by atoms with Gasteiger partial charge in [-0.05, 0) is 36.1 Å². The zero-order valence-corrected chi connectivity index (χ0v) is 18.8. The Morgan fingerprint density at radius 2 is 1.57 bits per heavy atom. The first-order chi connectivity index (χ1) is 14.3. The zero-order valence-electron chi connectivity index (χ0n) is 18.0. The van der Waals surface area contributed by atoms with Gasteiger partial charge in [0.25, 0.3) is 0 Å². The summed E-state index contributed by atoms with van der Waals surface area (Å²) in [7, 11) is -3.50. The quantitative estimate of drug-likeness (QED) is 0.735. The molecule has 3 rings (SSSR count). The second kappa shape index (κ2) is 9.73. The third kappa shape index (κ3) is 5.68. The number of hydrogen-bond acceptors (Lipinski definition) is 4.